The summed E-state index contributed by atoms with van der Waals surface area (Å²) in [5.41, 5.74) is 1.09. The lowest BCUT2D eigenvalue weighted by molar-refractivity contribution is 0.0920. The van der Waals surface area contributed by atoms with Gasteiger partial charge in [0.05, 0.1) is 12.6 Å². The number of hydrogen-bond acceptors (Lipinski definition) is 3. The Balaban J connectivity index is 2.00. The molecule has 2 rings (SSSR count). The molecule has 1 atom stereocenters. The second kappa shape index (κ2) is 6.84. The highest BCUT2D eigenvalue weighted by Crippen LogP contribution is 2.22. The Labute approximate surface area is 124 Å². The van der Waals surface area contributed by atoms with Crippen LogP contribution in [0.1, 0.15) is 15.2 Å². The lowest BCUT2D eigenvalue weighted by Crippen LogP contribution is -2.38. The number of rotatable bonds is 5. The van der Waals surface area contributed by atoms with Gasteiger partial charge in [0.15, 0.2) is 0 Å². The van der Waals surface area contributed by atoms with E-state index in [0.29, 0.717) is 11.3 Å². The summed E-state index contributed by atoms with van der Waals surface area (Å²) in [4.78, 5) is 12.7. The Bertz CT molecular complexity index is 541. The molecule has 3 nitrogen and oxygen atoms in total. The van der Waals surface area contributed by atoms with Crippen LogP contribution in [-0.2, 0) is 6.42 Å². The predicted molar refractivity (Wildman–Crippen MR) is 80.5 cm³/mol. The zero-order valence-electron chi connectivity index (χ0n) is 10.2. The monoisotopic (exact) mass is 339 g/mol. The van der Waals surface area contributed by atoms with Crippen LogP contribution < -0.4 is 5.32 Å². The van der Waals surface area contributed by atoms with Crippen LogP contribution in [0.4, 0.5) is 0 Å². The fourth-order valence-corrected chi connectivity index (χ4v) is 3.22. The molecule has 1 aromatic carbocycles. The number of halogens is 1. The van der Waals surface area contributed by atoms with Crippen LogP contribution in [0.2, 0.25) is 0 Å². The molecule has 0 saturated heterocycles. The summed E-state index contributed by atoms with van der Waals surface area (Å²) < 4.78 is 0.784. The highest BCUT2D eigenvalue weighted by Gasteiger charge is 2.16. The van der Waals surface area contributed by atoms with Crippen molar-refractivity contribution in [3.8, 4) is 0 Å². The Kier molecular flexibility index (Phi) is 5.13. The lowest BCUT2D eigenvalue weighted by Gasteiger charge is -2.16. The van der Waals surface area contributed by atoms with Crippen LogP contribution in [0, 0.1) is 0 Å². The van der Waals surface area contributed by atoms with E-state index < -0.39 is 0 Å². The quantitative estimate of drug-likeness (QED) is 0.879. The molecule has 0 aliphatic heterocycles. The summed E-state index contributed by atoms with van der Waals surface area (Å²) >= 11 is 4.71. The molecule has 2 N–H and O–H groups in total. The van der Waals surface area contributed by atoms with Crippen molar-refractivity contribution in [1.29, 1.82) is 0 Å². The van der Waals surface area contributed by atoms with Crippen LogP contribution in [-0.4, -0.2) is 23.7 Å². The third-order valence-corrected chi connectivity index (χ3v) is 4.54. The first-order valence-corrected chi connectivity index (χ1v) is 7.56. The van der Waals surface area contributed by atoms with E-state index in [1.807, 2.05) is 41.8 Å². The zero-order chi connectivity index (χ0) is 13.7. The van der Waals surface area contributed by atoms with Crippen molar-refractivity contribution in [3.63, 3.8) is 0 Å². The molecule has 0 bridgehead atoms. The highest BCUT2D eigenvalue weighted by molar-refractivity contribution is 9.10. The first kappa shape index (κ1) is 14.2. The fourth-order valence-electron chi connectivity index (χ4n) is 1.77. The summed E-state index contributed by atoms with van der Waals surface area (Å²) in [5, 5.41) is 14.1. The van der Waals surface area contributed by atoms with Gasteiger partial charge in [0.25, 0.3) is 5.91 Å². The second-order valence-corrected chi connectivity index (χ2v) is 5.91. The normalized spacial score (nSPS) is 12.1. The summed E-state index contributed by atoms with van der Waals surface area (Å²) in [6.45, 7) is -0.0797. The van der Waals surface area contributed by atoms with Gasteiger partial charge < -0.3 is 10.4 Å². The molecular formula is C14H14BrNO2S. The van der Waals surface area contributed by atoms with Gasteiger partial charge in [-0.15, -0.1) is 11.3 Å². The Hall–Kier alpha value is -1.17. The molecule has 0 spiro atoms. The van der Waals surface area contributed by atoms with Gasteiger partial charge in [0.1, 0.15) is 4.88 Å². The summed E-state index contributed by atoms with van der Waals surface area (Å²) in [5.74, 6) is -0.156. The lowest BCUT2D eigenvalue weighted by atomic mass is 10.1. The first-order valence-electron chi connectivity index (χ1n) is 5.89. The van der Waals surface area contributed by atoms with Crippen LogP contribution in [0.25, 0.3) is 0 Å². The van der Waals surface area contributed by atoms with Crippen LogP contribution in [0.3, 0.4) is 0 Å². The van der Waals surface area contributed by atoms with Gasteiger partial charge in [0.2, 0.25) is 0 Å². The van der Waals surface area contributed by atoms with Crippen LogP contribution >= 0.6 is 27.3 Å². The molecule has 100 valence electrons. The summed E-state index contributed by atoms with van der Waals surface area (Å²) in [7, 11) is 0. The van der Waals surface area contributed by atoms with Crippen LogP contribution in [0.5, 0.6) is 0 Å². The molecule has 0 fully saturated rings. The topological polar surface area (TPSA) is 49.3 Å². The largest absolute Gasteiger partial charge is 0.394 e. The van der Waals surface area contributed by atoms with Gasteiger partial charge in [-0.3, -0.25) is 4.79 Å². The summed E-state index contributed by atoms with van der Waals surface area (Å²) in [6, 6.07) is 11.4. The maximum Gasteiger partial charge on any atom is 0.262 e. The Morgan fingerprint density at radius 2 is 2.05 bits per heavy atom. The van der Waals surface area contributed by atoms with E-state index in [-0.39, 0.29) is 18.6 Å². The van der Waals surface area contributed by atoms with Crippen molar-refractivity contribution in [3.05, 3.63) is 56.7 Å². The van der Waals surface area contributed by atoms with E-state index in [4.69, 9.17) is 0 Å². The van der Waals surface area contributed by atoms with Gasteiger partial charge >= 0.3 is 0 Å². The van der Waals surface area contributed by atoms with Gasteiger partial charge in [-0.05, 0) is 39.4 Å². The van der Waals surface area contributed by atoms with Crippen molar-refractivity contribution >= 4 is 33.2 Å². The van der Waals surface area contributed by atoms with Gasteiger partial charge in [0, 0.05) is 4.47 Å². The number of hydrogen-bond donors (Lipinski definition) is 2. The minimum atomic E-state index is -0.274. The smallest absolute Gasteiger partial charge is 0.262 e. The molecule has 0 aliphatic rings. The average Bonchev–Trinajstić information content (AvgIpc) is 2.85. The molecule has 5 heteroatoms. The van der Waals surface area contributed by atoms with E-state index in [9.17, 15) is 9.90 Å². The fraction of sp³-hybridized carbons (Fsp3) is 0.214. The molecule has 2 aromatic rings. The van der Waals surface area contributed by atoms with Gasteiger partial charge in [-0.25, -0.2) is 0 Å². The number of aliphatic hydroxyl groups is 1. The van der Waals surface area contributed by atoms with E-state index in [0.717, 1.165) is 10.0 Å². The average molecular weight is 340 g/mol. The Morgan fingerprint density at radius 3 is 2.63 bits per heavy atom. The van der Waals surface area contributed by atoms with Gasteiger partial charge in [-0.2, -0.15) is 0 Å². The number of benzene rings is 1. The molecular weight excluding hydrogens is 326 g/mol. The predicted octanol–water partition coefficient (Wildman–Crippen LogP) is 2.84. The number of thiophene rings is 1. The zero-order valence-corrected chi connectivity index (χ0v) is 12.6. The van der Waals surface area contributed by atoms with Crippen molar-refractivity contribution in [2.45, 2.75) is 12.5 Å². The molecule has 0 saturated carbocycles. The minimum Gasteiger partial charge on any atom is -0.394 e. The second-order valence-electron chi connectivity index (χ2n) is 4.14. The van der Waals surface area contributed by atoms with Crippen molar-refractivity contribution < 1.29 is 9.90 Å². The third-order valence-electron chi connectivity index (χ3n) is 2.70. The van der Waals surface area contributed by atoms with E-state index in [1.165, 1.54) is 11.3 Å². The number of carbonyl (C=O) groups is 1. The SMILES string of the molecule is O=C(N[C@H](CO)Cc1ccccc1)c1sccc1Br. The molecule has 1 amide bonds. The van der Waals surface area contributed by atoms with E-state index in [2.05, 4.69) is 21.2 Å². The van der Waals surface area contributed by atoms with Crippen molar-refractivity contribution in [1.82, 2.24) is 5.32 Å². The summed E-state index contributed by atoms with van der Waals surface area (Å²) in [6.07, 6.45) is 0.617. The number of nitrogens with one attached hydrogen (secondary N) is 1. The van der Waals surface area contributed by atoms with E-state index in [1.54, 1.807) is 0 Å². The molecule has 0 unspecified atom stereocenters. The molecule has 19 heavy (non-hydrogen) atoms. The third kappa shape index (κ3) is 3.89. The molecule has 1 heterocycles. The number of aliphatic hydroxyl groups excluding tert-OH is 1. The van der Waals surface area contributed by atoms with Gasteiger partial charge in [-0.1, -0.05) is 30.3 Å². The van der Waals surface area contributed by atoms with Crippen molar-refractivity contribution in [2.24, 2.45) is 0 Å². The first-order chi connectivity index (χ1) is 9.20. The maximum atomic E-state index is 12.0. The molecule has 1 aromatic heterocycles. The minimum absolute atomic E-state index is 0.0797. The van der Waals surface area contributed by atoms with Crippen LogP contribution in [0.15, 0.2) is 46.3 Å². The van der Waals surface area contributed by atoms with Crippen molar-refractivity contribution in [2.75, 3.05) is 6.61 Å². The molecule has 0 radical (unpaired) electrons. The number of amides is 1. The van der Waals surface area contributed by atoms with E-state index >= 15 is 0 Å². The highest BCUT2D eigenvalue weighted by atomic mass is 79.9. The standard InChI is InChI=1S/C14H14BrNO2S/c15-12-6-7-19-13(12)14(18)16-11(9-17)8-10-4-2-1-3-5-10/h1-7,11,17H,8-9H2,(H,16,18)/t11-/m0/s1. The maximum absolute atomic E-state index is 12.0. The molecule has 0 aliphatic carbocycles. The number of carbonyl (C=O) groups excluding carboxylic acids is 1. The Morgan fingerprint density at radius 1 is 1.32 bits per heavy atom.